The summed E-state index contributed by atoms with van der Waals surface area (Å²) in [7, 11) is -0.472. The lowest BCUT2D eigenvalue weighted by molar-refractivity contribution is -0.127. The van der Waals surface area contributed by atoms with Gasteiger partial charge in [-0.2, -0.15) is 0 Å². The van der Waals surface area contributed by atoms with Gasteiger partial charge in [0.2, 0.25) is 15.9 Å². The molecule has 1 fully saturated rings. The number of nitrogens with zero attached hydrogens (tertiary/aromatic N) is 1. The molecule has 7 nitrogen and oxygen atoms in total. The number of hydrogen-bond donors (Lipinski definition) is 2. The van der Waals surface area contributed by atoms with Gasteiger partial charge in [-0.25, -0.2) is 13.1 Å². The van der Waals surface area contributed by atoms with E-state index in [9.17, 15) is 18.0 Å². The van der Waals surface area contributed by atoms with Gasteiger partial charge in [0.1, 0.15) is 0 Å². The fraction of sp³-hybridized carbons (Fsp3) is 0.429. The molecule has 2 N–H and O–H groups in total. The molecule has 0 spiro atoms. The molecule has 2 amide bonds. The minimum Gasteiger partial charge on any atom is -0.347 e. The lowest BCUT2D eigenvalue weighted by Crippen LogP contribution is -2.36. The summed E-state index contributed by atoms with van der Waals surface area (Å²) in [5, 5.41) is 2.48. The van der Waals surface area contributed by atoms with Crippen LogP contribution in [0.3, 0.4) is 0 Å². The fourth-order valence-corrected chi connectivity index (χ4v) is 3.50. The van der Waals surface area contributed by atoms with Crippen molar-refractivity contribution >= 4 is 37.8 Å². The summed E-state index contributed by atoms with van der Waals surface area (Å²) in [6.07, 6.45) is 1.66. The second-order valence-corrected chi connectivity index (χ2v) is 8.08. The molecule has 1 aromatic rings. The average molecular weight is 404 g/mol. The van der Waals surface area contributed by atoms with Gasteiger partial charge in [0.15, 0.2) is 0 Å². The third-order valence-electron chi connectivity index (χ3n) is 3.29. The molecule has 126 valence electrons. The second kappa shape index (κ2) is 6.98. The van der Waals surface area contributed by atoms with E-state index in [0.29, 0.717) is 4.47 Å². The van der Waals surface area contributed by atoms with Crippen LogP contribution in [0.15, 0.2) is 27.6 Å². The van der Waals surface area contributed by atoms with Crippen molar-refractivity contribution in [2.45, 2.75) is 23.8 Å². The third-order valence-corrected chi connectivity index (χ3v) is 5.50. The Balaban J connectivity index is 2.16. The zero-order valence-electron chi connectivity index (χ0n) is 12.8. The summed E-state index contributed by atoms with van der Waals surface area (Å²) in [4.78, 5) is 25.1. The predicted molar refractivity (Wildman–Crippen MR) is 88.5 cm³/mol. The predicted octanol–water partition coefficient (Wildman–Crippen LogP) is 0.708. The Kier molecular flexibility index (Phi) is 5.43. The van der Waals surface area contributed by atoms with Crippen LogP contribution in [-0.2, 0) is 14.8 Å². The molecular weight excluding hydrogens is 386 g/mol. The van der Waals surface area contributed by atoms with Crippen LogP contribution in [0.5, 0.6) is 0 Å². The van der Waals surface area contributed by atoms with Gasteiger partial charge >= 0.3 is 0 Å². The molecular formula is C14H18BrN3O4S. The highest BCUT2D eigenvalue weighted by Gasteiger charge is 2.28. The molecule has 1 aliphatic carbocycles. The Morgan fingerprint density at radius 2 is 1.96 bits per heavy atom. The SMILES string of the molecule is CN(C)C(=O)CNC(=O)c1cc(S(=O)(=O)NC2CC2)ccc1Br. The Morgan fingerprint density at radius 1 is 1.30 bits per heavy atom. The van der Waals surface area contributed by atoms with Crippen molar-refractivity contribution in [2.24, 2.45) is 0 Å². The van der Waals surface area contributed by atoms with Crippen molar-refractivity contribution in [1.29, 1.82) is 0 Å². The summed E-state index contributed by atoms with van der Waals surface area (Å²) >= 11 is 3.23. The number of rotatable bonds is 6. The number of carbonyl (C=O) groups is 2. The maximum Gasteiger partial charge on any atom is 0.252 e. The molecule has 1 aliphatic rings. The van der Waals surface area contributed by atoms with Gasteiger partial charge in [0, 0.05) is 24.6 Å². The molecule has 0 radical (unpaired) electrons. The highest BCUT2D eigenvalue weighted by molar-refractivity contribution is 9.10. The van der Waals surface area contributed by atoms with E-state index in [2.05, 4.69) is 26.0 Å². The van der Waals surface area contributed by atoms with E-state index in [1.165, 1.54) is 23.1 Å². The lowest BCUT2D eigenvalue weighted by atomic mass is 10.2. The summed E-state index contributed by atoms with van der Waals surface area (Å²) in [5.41, 5.74) is 0.162. The van der Waals surface area contributed by atoms with Gasteiger partial charge in [-0.1, -0.05) is 0 Å². The first-order chi connectivity index (χ1) is 10.7. The topological polar surface area (TPSA) is 95.6 Å². The van der Waals surface area contributed by atoms with Gasteiger partial charge in [-0.15, -0.1) is 0 Å². The normalized spacial score (nSPS) is 14.4. The number of amides is 2. The molecule has 9 heteroatoms. The molecule has 0 bridgehead atoms. The number of benzene rings is 1. The Bertz CT molecular complexity index is 730. The van der Waals surface area contributed by atoms with Gasteiger partial charge in [-0.05, 0) is 47.0 Å². The zero-order valence-corrected chi connectivity index (χ0v) is 15.2. The first-order valence-electron chi connectivity index (χ1n) is 7.01. The zero-order chi connectivity index (χ0) is 17.2. The van der Waals surface area contributed by atoms with Crippen LogP contribution in [0.25, 0.3) is 0 Å². The third kappa shape index (κ3) is 4.76. The van der Waals surface area contributed by atoms with Crippen LogP contribution in [0.4, 0.5) is 0 Å². The monoisotopic (exact) mass is 403 g/mol. The maximum atomic E-state index is 12.2. The van der Waals surface area contributed by atoms with Crippen LogP contribution in [-0.4, -0.2) is 51.8 Å². The largest absolute Gasteiger partial charge is 0.347 e. The summed E-state index contributed by atoms with van der Waals surface area (Å²) < 4.78 is 27.4. The number of carbonyl (C=O) groups excluding carboxylic acids is 2. The molecule has 1 saturated carbocycles. The van der Waals surface area contributed by atoms with Gasteiger partial charge in [0.25, 0.3) is 5.91 Å². The number of halogens is 1. The lowest BCUT2D eigenvalue weighted by Gasteiger charge is -2.12. The van der Waals surface area contributed by atoms with Crippen LogP contribution in [0, 0.1) is 0 Å². The van der Waals surface area contributed by atoms with Crippen molar-refractivity contribution in [2.75, 3.05) is 20.6 Å². The van der Waals surface area contributed by atoms with Crippen molar-refractivity contribution in [3.8, 4) is 0 Å². The molecule has 0 atom stereocenters. The van der Waals surface area contributed by atoms with E-state index in [4.69, 9.17) is 0 Å². The smallest absolute Gasteiger partial charge is 0.252 e. The van der Waals surface area contributed by atoms with E-state index in [1.54, 1.807) is 14.1 Å². The van der Waals surface area contributed by atoms with E-state index in [0.717, 1.165) is 12.8 Å². The standard InChI is InChI=1S/C14H18BrN3O4S/c1-18(2)13(19)8-16-14(20)11-7-10(5-6-12(11)15)23(21,22)17-9-3-4-9/h5-7,9,17H,3-4,8H2,1-2H3,(H,16,20). The number of likely N-dealkylation sites (N-methyl/N-ethyl adjacent to an activating group) is 1. The number of nitrogens with one attached hydrogen (secondary N) is 2. The molecule has 0 unspecified atom stereocenters. The molecule has 23 heavy (non-hydrogen) atoms. The van der Waals surface area contributed by atoms with Crippen molar-refractivity contribution in [1.82, 2.24) is 14.9 Å². The summed E-state index contributed by atoms with van der Waals surface area (Å²) in [5.74, 6) is -0.774. The van der Waals surface area contributed by atoms with Crippen molar-refractivity contribution in [3.05, 3.63) is 28.2 Å². The molecule has 0 aliphatic heterocycles. The van der Waals surface area contributed by atoms with Crippen molar-refractivity contribution < 1.29 is 18.0 Å². The van der Waals surface area contributed by atoms with E-state index < -0.39 is 15.9 Å². The quantitative estimate of drug-likeness (QED) is 0.730. The molecule has 0 saturated heterocycles. The van der Waals surface area contributed by atoms with E-state index in [1.807, 2.05) is 0 Å². The van der Waals surface area contributed by atoms with E-state index in [-0.39, 0.29) is 29.0 Å². The van der Waals surface area contributed by atoms with Gasteiger partial charge in [-0.3, -0.25) is 9.59 Å². The molecule has 2 rings (SSSR count). The molecule has 0 heterocycles. The van der Waals surface area contributed by atoms with Crippen LogP contribution in [0.1, 0.15) is 23.2 Å². The number of hydrogen-bond acceptors (Lipinski definition) is 4. The first kappa shape index (κ1) is 17.9. The minimum absolute atomic E-state index is 0.0152. The van der Waals surface area contributed by atoms with Crippen LogP contribution in [0.2, 0.25) is 0 Å². The number of sulfonamides is 1. The Hall–Kier alpha value is -1.45. The molecule has 1 aromatic carbocycles. The van der Waals surface area contributed by atoms with Gasteiger partial charge < -0.3 is 10.2 Å². The van der Waals surface area contributed by atoms with Crippen molar-refractivity contribution in [3.63, 3.8) is 0 Å². The minimum atomic E-state index is -3.64. The highest BCUT2D eigenvalue weighted by atomic mass is 79.9. The Labute approximate surface area is 143 Å². The maximum absolute atomic E-state index is 12.2. The summed E-state index contributed by atoms with van der Waals surface area (Å²) in [6, 6.07) is 4.21. The highest BCUT2D eigenvalue weighted by Crippen LogP contribution is 2.25. The van der Waals surface area contributed by atoms with E-state index >= 15 is 0 Å². The fourth-order valence-electron chi connectivity index (χ4n) is 1.74. The Morgan fingerprint density at radius 3 is 2.52 bits per heavy atom. The first-order valence-corrected chi connectivity index (χ1v) is 9.28. The van der Waals surface area contributed by atoms with Gasteiger partial charge in [0.05, 0.1) is 17.0 Å². The second-order valence-electron chi connectivity index (χ2n) is 5.51. The summed E-state index contributed by atoms with van der Waals surface area (Å²) in [6.45, 7) is -0.157. The van der Waals surface area contributed by atoms with Crippen LogP contribution < -0.4 is 10.0 Å². The average Bonchev–Trinajstić information content (AvgIpc) is 3.27. The van der Waals surface area contributed by atoms with Crippen LogP contribution >= 0.6 is 15.9 Å². The molecule has 0 aromatic heterocycles.